The smallest absolute Gasteiger partial charge is 0.220 e. The molecule has 1 heterocycles. The highest BCUT2D eigenvalue weighted by molar-refractivity contribution is 5.85. The summed E-state index contributed by atoms with van der Waals surface area (Å²) in [7, 11) is 0. The molecule has 0 bridgehead atoms. The Kier molecular flexibility index (Phi) is 8.35. The first-order valence-corrected chi connectivity index (χ1v) is 7.50. The number of carbonyl (C=O) groups is 1. The zero-order valence-corrected chi connectivity index (χ0v) is 13.5. The molecule has 2 N–H and O–H groups in total. The second-order valence-corrected chi connectivity index (χ2v) is 5.46. The molecule has 1 saturated heterocycles. The van der Waals surface area contributed by atoms with Crippen LogP contribution in [-0.4, -0.2) is 50.1 Å². The van der Waals surface area contributed by atoms with Crippen LogP contribution in [0.2, 0.25) is 0 Å². The summed E-state index contributed by atoms with van der Waals surface area (Å²) >= 11 is 0. The number of nitrogens with zero attached hydrogens (tertiary/aromatic N) is 1. The molecular formula is C16H26ClN3O. The quantitative estimate of drug-likeness (QED) is 0.839. The average molecular weight is 312 g/mol. The number of piperazine rings is 1. The van der Waals surface area contributed by atoms with E-state index in [1.165, 1.54) is 5.56 Å². The van der Waals surface area contributed by atoms with E-state index in [2.05, 4.69) is 34.6 Å². The number of carbonyl (C=O) groups excluding carboxylic acids is 1. The van der Waals surface area contributed by atoms with Gasteiger partial charge in [-0.3, -0.25) is 9.69 Å². The lowest BCUT2D eigenvalue weighted by Gasteiger charge is -2.27. The van der Waals surface area contributed by atoms with E-state index in [0.717, 1.165) is 39.3 Å². The molecule has 1 aliphatic heterocycles. The average Bonchev–Trinajstić information content (AvgIpc) is 2.49. The van der Waals surface area contributed by atoms with E-state index in [9.17, 15) is 4.79 Å². The topological polar surface area (TPSA) is 44.4 Å². The normalized spacial score (nSPS) is 16.8. The number of hydrogen-bond donors (Lipinski definition) is 2. The molecular weight excluding hydrogens is 286 g/mol. The van der Waals surface area contributed by atoms with Crippen LogP contribution in [0.25, 0.3) is 0 Å². The van der Waals surface area contributed by atoms with Crippen LogP contribution in [-0.2, 0) is 4.79 Å². The fraction of sp³-hybridized carbons (Fsp3) is 0.562. The zero-order valence-electron chi connectivity index (χ0n) is 12.7. The molecule has 5 heteroatoms. The Labute approximate surface area is 133 Å². The molecule has 21 heavy (non-hydrogen) atoms. The number of halogens is 1. The maximum atomic E-state index is 11.9. The van der Waals surface area contributed by atoms with Crippen LogP contribution >= 0.6 is 12.4 Å². The highest BCUT2D eigenvalue weighted by atomic mass is 35.5. The van der Waals surface area contributed by atoms with Crippen LogP contribution < -0.4 is 10.6 Å². The Morgan fingerprint density at radius 1 is 1.29 bits per heavy atom. The van der Waals surface area contributed by atoms with Crippen molar-refractivity contribution in [2.24, 2.45) is 0 Å². The van der Waals surface area contributed by atoms with E-state index < -0.39 is 0 Å². The Morgan fingerprint density at radius 2 is 1.95 bits per heavy atom. The molecule has 0 aromatic heterocycles. The minimum Gasteiger partial charge on any atom is -0.355 e. The maximum absolute atomic E-state index is 11.9. The lowest BCUT2D eigenvalue weighted by atomic mass is 9.98. The summed E-state index contributed by atoms with van der Waals surface area (Å²) in [6, 6.07) is 10.2. The Bertz CT molecular complexity index is 407. The monoisotopic (exact) mass is 311 g/mol. The Hall–Kier alpha value is -1.10. The summed E-state index contributed by atoms with van der Waals surface area (Å²) in [5, 5.41) is 6.36. The highest BCUT2D eigenvalue weighted by Crippen LogP contribution is 2.17. The molecule has 1 aromatic rings. The van der Waals surface area contributed by atoms with Crippen LogP contribution in [0.3, 0.4) is 0 Å². The summed E-state index contributed by atoms with van der Waals surface area (Å²) in [5.41, 5.74) is 1.23. The second-order valence-electron chi connectivity index (χ2n) is 5.46. The van der Waals surface area contributed by atoms with Gasteiger partial charge in [0.1, 0.15) is 0 Å². The predicted octanol–water partition coefficient (Wildman–Crippen LogP) is 1.62. The van der Waals surface area contributed by atoms with Crippen LogP contribution in [0.1, 0.15) is 24.8 Å². The number of nitrogens with one attached hydrogen (secondary N) is 2. The van der Waals surface area contributed by atoms with Gasteiger partial charge in [0.15, 0.2) is 0 Å². The van der Waals surface area contributed by atoms with Gasteiger partial charge in [0, 0.05) is 45.7 Å². The van der Waals surface area contributed by atoms with Gasteiger partial charge in [-0.25, -0.2) is 0 Å². The fourth-order valence-corrected chi connectivity index (χ4v) is 2.54. The molecule has 1 aliphatic rings. The van der Waals surface area contributed by atoms with Gasteiger partial charge in [-0.05, 0) is 11.5 Å². The molecule has 0 aliphatic carbocycles. The van der Waals surface area contributed by atoms with E-state index in [1.54, 1.807) is 0 Å². The van der Waals surface area contributed by atoms with Crippen molar-refractivity contribution in [1.82, 2.24) is 15.5 Å². The Balaban J connectivity index is 0.00000220. The van der Waals surface area contributed by atoms with Crippen molar-refractivity contribution in [3.63, 3.8) is 0 Å². The van der Waals surface area contributed by atoms with E-state index in [0.29, 0.717) is 6.42 Å². The summed E-state index contributed by atoms with van der Waals surface area (Å²) in [6.07, 6.45) is 0.561. The first-order valence-electron chi connectivity index (χ1n) is 7.50. The van der Waals surface area contributed by atoms with Crippen molar-refractivity contribution in [2.75, 3.05) is 39.3 Å². The molecule has 0 radical (unpaired) electrons. The molecule has 118 valence electrons. The van der Waals surface area contributed by atoms with Crippen LogP contribution in [0.4, 0.5) is 0 Å². The first kappa shape index (κ1) is 18.0. The third kappa shape index (κ3) is 6.46. The predicted molar refractivity (Wildman–Crippen MR) is 89.0 cm³/mol. The summed E-state index contributed by atoms with van der Waals surface area (Å²) in [4.78, 5) is 14.3. The molecule has 1 atom stereocenters. The highest BCUT2D eigenvalue weighted by Gasteiger charge is 2.12. The third-order valence-corrected chi connectivity index (χ3v) is 3.82. The van der Waals surface area contributed by atoms with Crippen molar-refractivity contribution in [1.29, 1.82) is 0 Å². The molecule has 2 rings (SSSR count). The maximum Gasteiger partial charge on any atom is 0.220 e. The number of hydrogen-bond acceptors (Lipinski definition) is 3. The van der Waals surface area contributed by atoms with Gasteiger partial charge in [-0.15, -0.1) is 12.4 Å². The fourth-order valence-electron chi connectivity index (χ4n) is 2.54. The summed E-state index contributed by atoms with van der Waals surface area (Å²) in [5.74, 6) is 0.423. The van der Waals surface area contributed by atoms with Crippen molar-refractivity contribution in [3.05, 3.63) is 35.9 Å². The number of benzene rings is 1. The molecule has 0 saturated carbocycles. The van der Waals surface area contributed by atoms with Crippen molar-refractivity contribution in [2.45, 2.75) is 19.3 Å². The van der Waals surface area contributed by atoms with E-state index >= 15 is 0 Å². The minimum absolute atomic E-state index is 0. The Morgan fingerprint density at radius 3 is 2.62 bits per heavy atom. The van der Waals surface area contributed by atoms with Gasteiger partial charge >= 0.3 is 0 Å². The molecule has 1 amide bonds. The van der Waals surface area contributed by atoms with Gasteiger partial charge in [0.25, 0.3) is 0 Å². The zero-order chi connectivity index (χ0) is 14.2. The third-order valence-electron chi connectivity index (χ3n) is 3.82. The molecule has 4 nitrogen and oxygen atoms in total. The van der Waals surface area contributed by atoms with Crippen molar-refractivity contribution >= 4 is 18.3 Å². The number of rotatable bonds is 6. The standard InChI is InChI=1S/C16H25N3O.ClH/c1-14(15-5-3-2-4-6-15)13-16(20)18-9-12-19-10-7-17-8-11-19;/h2-6,14,17H,7-13H2,1H3,(H,18,20);1H. The largest absolute Gasteiger partial charge is 0.355 e. The van der Waals surface area contributed by atoms with Gasteiger partial charge in [0.05, 0.1) is 0 Å². The summed E-state index contributed by atoms with van der Waals surface area (Å²) in [6.45, 7) is 8.07. The van der Waals surface area contributed by atoms with Gasteiger partial charge in [-0.1, -0.05) is 37.3 Å². The van der Waals surface area contributed by atoms with Crippen LogP contribution in [0.5, 0.6) is 0 Å². The SMILES string of the molecule is CC(CC(=O)NCCN1CCNCC1)c1ccccc1.Cl. The molecule has 1 unspecified atom stereocenters. The van der Waals surface area contributed by atoms with Crippen LogP contribution in [0.15, 0.2) is 30.3 Å². The van der Waals surface area contributed by atoms with Crippen molar-refractivity contribution in [3.8, 4) is 0 Å². The number of amides is 1. The van der Waals surface area contributed by atoms with Crippen molar-refractivity contribution < 1.29 is 4.79 Å². The van der Waals surface area contributed by atoms with Gasteiger partial charge in [0.2, 0.25) is 5.91 Å². The minimum atomic E-state index is 0. The molecule has 0 spiro atoms. The van der Waals surface area contributed by atoms with E-state index in [-0.39, 0.29) is 24.2 Å². The molecule has 1 aromatic carbocycles. The van der Waals surface area contributed by atoms with E-state index in [1.807, 2.05) is 18.2 Å². The lowest BCUT2D eigenvalue weighted by Crippen LogP contribution is -2.46. The molecule has 1 fully saturated rings. The first-order chi connectivity index (χ1) is 9.75. The van der Waals surface area contributed by atoms with Crippen LogP contribution in [0, 0.1) is 0 Å². The summed E-state index contributed by atoms with van der Waals surface area (Å²) < 4.78 is 0. The lowest BCUT2D eigenvalue weighted by molar-refractivity contribution is -0.121. The van der Waals surface area contributed by atoms with E-state index in [4.69, 9.17) is 0 Å². The second kappa shape index (κ2) is 9.77. The van der Waals surface area contributed by atoms with Gasteiger partial charge in [-0.2, -0.15) is 0 Å². The van der Waals surface area contributed by atoms with Gasteiger partial charge < -0.3 is 10.6 Å².